The summed E-state index contributed by atoms with van der Waals surface area (Å²) < 4.78 is 22.9. The molecule has 0 aromatic heterocycles. The van der Waals surface area contributed by atoms with Crippen LogP contribution in [0, 0.1) is 0 Å². The predicted molar refractivity (Wildman–Crippen MR) is 351 cm³/mol. The normalized spacial score (nSPS) is 23.5. The van der Waals surface area contributed by atoms with Crippen LogP contribution in [0.4, 0.5) is 0 Å². The van der Waals surface area contributed by atoms with Crippen molar-refractivity contribution in [2.24, 2.45) is 0 Å². The average molecular weight is 1220 g/mol. The maximum Gasteiger partial charge on any atom is 0.220 e. The Morgan fingerprint density at radius 1 is 0.407 bits per heavy atom. The molecule has 12 unspecified atom stereocenters. The maximum atomic E-state index is 13.3. The van der Waals surface area contributed by atoms with Crippen molar-refractivity contribution >= 4 is 5.91 Å². The minimum atomic E-state index is -1.79. The molecular weight excluding hydrogens is 1090 g/mol. The molecule has 508 valence electrons. The number of aliphatic hydroxyl groups is 8. The van der Waals surface area contributed by atoms with Crippen LogP contribution in [0.1, 0.15) is 335 Å². The van der Waals surface area contributed by atoms with E-state index in [1.165, 1.54) is 270 Å². The van der Waals surface area contributed by atoms with Gasteiger partial charge in [-0.25, -0.2) is 0 Å². The van der Waals surface area contributed by atoms with Gasteiger partial charge in [-0.15, -0.1) is 0 Å². The molecule has 0 bridgehead atoms. The summed E-state index contributed by atoms with van der Waals surface area (Å²) in [5.74, 6) is -0.242. The van der Waals surface area contributed by atoms with E-state index in [9.17, 15) is 45.6 Å². The van der Waals surface area contributed by atoms with Gasteiger partial charge in [0.2, 0.25) is 5.91 Å². The number of aliphatic hydroxyl groups excluding tert-OH is 8. The van der Waals surface area contributed by atoms with Crippen molar-refractivity contribution in [3.05, 3.63) is 24.3 Å². The highest BCUT2D eigenvalue weighted by Gasteiger charge is 2.51. The van der Waals surface area contributed by atoms with Gasteiger partial charge in [-0.1, -0.05) is 321 Å². The molecule has 14 heteroatoms. The summed E-state index contributed by atoms with van der Waals surface area (Å²) in [6.07, 6.45) is 55.4. The third-order valence-corrected chi connectivity index (χ3v) is 18.1. The smallest absolute Gasteiger partial charge is 0.220 e. The number of hydrogen-bond acceptors (Lipinski definition) is 13. The van der Waals surface area contributed by atoms with E-state index in [0.717, 1.165) is 32.1 Å². The number of carbonyl (C=O) groups excluding carboxylic acids is 1. The number of carbonyl (C=O) groups is 1. The molecule has 2 saturated heterocycles. The van der Waals surface area contributed by atoms with Gasteiger partial charge in [0, 0.05) is 6.42 Å². The summed E-state index contributed by atoms with van der Waals surface area (Å²) in [7, 11) is 0. The van der Waals surface area contributed by atoms with Crippen LogP contribution in [0.25, 0.3) is 0 Å². The van der Waals surface area contributed by atoms with Gasteiger partial charge in [0.15, 0.2) is 12.6 Å². The lowest BCUT2D eigenvalue weighted by Gasteiger charge is -2.46. The molecule has 2 aliphatic heterocycles. The Morgan fingerprint density at radius 2 is 0.744 bits per heavy atom. The summed E-state index contributed by atoms with van der Waals surface area (Å²) in [5.41, 5.74) is 0. The zero-order chi connectivity index (χ0) is 62.3. The van der Waals surface area contributed by atoms with Gasteiger partial charge in [0.25, 0.3) is 0 Å². The number of nitrogens with one attached hydrogen (secondary N) is 1. The Balaban J connectivity index is 1.66. The first-order valence-corrected chi connectivity index (χ1v) is 36.6. The van der Waals surface area contributed by atoms with Gasteiger partial charge < -0.3 is 65.1 Å². The van der Waals surface area contributed by atoms with E-state index in [1.807, 2.05) is 6.08 Å². The fourth-order valence-electron chi connectivity index (χ4n) is 12.3. The molecular formula is C72H137NO13. The van der Waals surface area contributed by atoms with E-state index in [1.54, 1.807) is 6.08 Å². The quantitative estimate of drug-likeness (QED) is 0.0204. The molecule has 0 aliphatic carbocycles. The first-order valence-electron chi connectivity index (χ1n) is 36.6. The number of allylic oxidation sites excluding steroid dienone is 3. The fourth-order valence-corrected chi connectivity index (χ4v) is 12.3. The summed E-state index contributed by atoms with van der Waals surface area (Å²) in [6, 6.07) is -0.929. The number of hydrogen-bond donors (Lipinski definition) is 9. The van der Waals surface area contributed by atoms with Crippen LogP contribution in [0.3, 0.4) is 0 Å². The molecule has 9 N–H and O–H groups in total. The molecule has 0 aromatic carbocycles. The molecule has 12 atom stereocenters. The molecule has 2 heterocycles. The van der Waals surface area contributed by atoms with E-state index >= 15 is 0 Å². The van der Waals surface area contributed by atoms with Crippen molar-refractivity contribution in [1.82, 2.24) is 5.32 Å². The van der Waals surface area contributed by atoms with E-state index < -0.39 is 86.8 Å². The van der Waals surface area contributed by atoms with Crippen LogP contribution in [0.5, 0.6) is 0 Å². The van der Waals surface area contributed by atoms with Gasteiger partial charge in [-0.2, -0.15) is 0 Å². The van der Waals surface area contributed by atoms with Gasteiger partial charge in [0.1, 0.15) is 48.8 Å². The monoisotopic (exact) mass is 1220 g/mol. The van der Waals surface area contributed by atoms with Gasteiger partial charge >= 0.3 is 0 Å². The average Bonchev–Trinajstić information content (AvgIpc) is 2.32. The summed E-state index contributed by atoms with van der Waals surface area (Å²) in [4.78, 5) is 13.3. The highest BCUT2D eigenvalue weighted by molar-refractivity contribution is 5.76. The van der Waals surface area contributed by atoms with Crippen molar-refractivity contribution in [2.75, 3.05) is 19.8 Å². The van der Waals surface area contributed by atoms with Crippen molar-refractivity contribution in [1.29, 1.82) is 0 Å². The number of unbranched alkanes of at least 4 members (excludes halogenated alkanes) is 46. The molecule has 0 aromatic rings. The van der Waals surface area contributed by atoms with Crippen LogP contribution in [-0.2, 0) is 23.7 Å². The number of rotatable bonds is 61. The van der Waals surface area contributed by atoms with Crippen molar-refractivity contribution in [2.45, 2.75) is 408 Å². The topological polar surface area (TPSA) is 228 Å². The molecule has 14 nitrogen and oxygen atoms in total. The minimum Gasteiger partial charge on any atom is -0.394 e. The molecule has 2 rings (SSSR count). The van der Waals surface area contributed by atoms with Crippen LogP contribution in [0.2, 0.25) is 0 Å². The lowest BCUT2D eigenvalue weighted by molar-refractivity contribution is -0.359. The van der Waals surface area contributed by atoms with E-state index in [2.05, 4.69) is 31.3 Å². The van der Waals surface area contributed by atoms with E-state index in [-0.39, 0.29) is 18.9 Å². The highest BCUT2D eigenvalue weighted by Crippen LogP contribution is 2.30. The van der Waals surface area contributed by atoms with Crippen molar-refractivity contribution in [3.63, 3.8) is 0 Å². The van der Waals surface area contributed by atoms with Crippen LogP contribution < -0.4 is 5.32 Å². The molecule has 2 aliphatic rings. The molecule has 0 radical (unpaired) electrons. The highest BCUT2D eigenvalue weighted by atomic mass is 16.7. The molecule has 1 amide bonds. The lowest BCUT2D eigenvalue weighted by Crippen LogP contribution is -2.65. The van der Waals surface area contributed by atoms with Crippen LogP contribution >= 0.6 is 0 Å². The van der Waals surface area contributed by atoms with E-state index in [0.29, 0.717) is 12.8 Å². The standard InChI is InChI=1S/C72H137NO13/c1-3-5-7-9-11-13-15-17-19-21-23-25-26-27-28-29-30-31-32-33-34-35-36-37-39-41-43-45-47-49-51-53-55-61(76)60(73-64(77)56-54-52-50-48-46-44-42-40-38-24-22-20-18-16-14-12-10-8-6-4-2)59-83-71-69(82)67(80)70(63(58-75)85-71)86-72-68(81)66(79)65(78)62(57-74)84-72/h45,47,53,55,60-63,65-72,74-76,78-82H,3-44,46,48-52,54,56-59H2,1-2H3,(H,73,77)/b47-45+,55-53+. The Morgan fingerprint density at radius 3 is 1.14 bits per heavy atom. The largest absolute Gasteiger partial charge is 0.394 e. The minimum absolute atomic E-state index is 0.242. The van der Waals surface area contributed by atoms with Crippen LogP contribution in [-0.4, -0.2) is 140 Å². The van der Waals surface area contributed by atoms with Gasteiger partial charge in [0.05, 0.1) is 32.0 Å². The zero-order valence-corrected chi connectivity index (χ0v) is 55.3. The molecule has 0 spiro atoms. The first-order chi connectivity index (χ1) is 42.1. The Labute approximate surface area is 526 Å². The van der Waals surface area contributed by atoms with Crippen molar-refractivity contribution in [3.8, 4) is 0 Å². The maximum absolute atomic E-state index is 13.3. The summed E-state index contributed by atoms with van der Waals surface area (Å²) in [6.45, 7) is 2.84. The Kier molecular flexibility index (Phi) is 53.7. The predicted octanol–water partition coefficient (Wildman–Crippen LogP) is 15.1. The van der Waals surface area contributed by atoms with Gasteiger partial charge in [-0.05, 0) is 32.1 Å². The fraction of sp³-hybridized carbons (Fsp3) is 0.931. The SMILES string of the molecule is CCCCCCCCCCCCCCCCCCCCCCCCCCCC/C=C/CC/C=C/C(O)C(COC1OC(CO)C(OC2OC(CO)C(O)C(O)C2O)C(O)C1O)NC(=O)CCCCCCCCCCCCCCCCCCCCCC. The Hall–Kier alpha value is -1.53. The Bertz CT molecular complexity index is 1540. The second kappa shape index (κ2) is 57.4. The molecule has 0 saturated carbocycles. The first kappa shape index (κ1) is 80.6. The second-order valence-electron chi connectivity index (χ2n) is 26.1. The van der Waals surface area contributed by atoms with Gasteiger partial charge in [-0.3, -0.25) is 4.79 Å². The third kappa shape index (κ3) is 41.1. The van der Waals surface area contributed by atoms with Crippen LogP contribution in [0.15, 0.2) is 24.3 Å². The van der Waals surface area contributed by atoms with Crippen molar-refractivity contribution < 1.29 is 64.6 Å². The third-order valence-electron chi connectivity index (χ3n) is 18.1. The van der Waals surface area contributed by atoms with E-state index in [4.69, 9.17) is 18.9 Å². The zero-order valence-electron chi connectivity index (χ0n) is 55.3. The number of ether oxygens (including phenoxy) is 4. The molecule has 2 fully saturated rings. The number of amides is 1. The lowest BCUT2D eigenvalue weighted by atomic mass is 9.97. The summed E-state index contributed by atoms with van der Waals surface area (Å²) in [5, 5.41) is 87.4. The summed E-state index contributed by atoms with van der Waals surface area (Å²) >= 11 is 0. The molecule has 86 heavy (non-hydrogen) atoms. The second-order valence-corrected chi connectivity index (χ2v) is 26.1.